The molecule has 78 valence electrons. The normalized spacial score (nSPS) is 13.1. The van der Waals surface area contributed by atoms with E-state index in [1.807, 2.05) is 0 Å². The number of rotatable bonds is 5. The minimum absolute atomic E-state index is 0.0791. The molecule has 0 radical (unpaired) electrons. The molecule has 0 aromatic carbocycles. The fourth-order valence-electron chi connectivity index (χ4n) is 0.701. The molecule has 0 aromatic rings. The second-order valence-electron chi connectivity index (χ2n) is 2.20. The summed E-state index contributed by atoms with van der Waals surface area (Å²) in [7, 11) is 0. The Kier molecular flexibility index (Phi) is 5.13. The van der Waals surface area contributed by atoms with Crippen molar-refractivity contribution >= 4 is 11.7 Å². The maximum Gasteiger partial charge on any atom is 0.339 e. The summed E-state index contributed by atoms with van der Waals surface area (Å²) in [5.41, 5.74) is 3.38. The lowest BCUT2D eigenvalue weighted by Crippen LogP contribution is -2.21. The Morgan fingerprint density at radius 2 is 2.21 bits per heavy atom. The van der Waals surface area contributed by atoms with Gasteiger partial charge in [0.1, 0.15) is 11.3 Å². The molecule has 0 aliphatic rings. The average Bonchev–Trinajstić information content (AvgIpc) is 2.10. The van der Waals surface area contributed by atoms with E-state index >= 15 is 0 Å². The molecule has 0 saturated carbocycles. The summed E-state index contributed by atoms with van der Waals surface area (Å²) in [4.78, 5) is 13.8. The monoisotopic (exact) mass is 204 g/mol. The predicted octanol–water partition coefficient (Wildman–Crippen LogP) is 0.806. The van der Waals surface area contributed by atoms with Crippen molar-refractivity contribution in [1.82, 2.24) is 0 Å². The van der Waals surface area contributed by atoms with Crippen LogP contribution in [0.5, 0.6) is 0 Å². The van der Waals surface area contributed by atoms with E-state index in [-0.39, 0.29) is 6.54 Å². The van der Waals surface area contributed by atoms with Gasteiger partial charge in [-0.3, -0.25) is 4.99 Å². The van der Waals surface area contributed by atoms with Crippen molar-refractivity contribution in [3.8, 4) is 0 Å². The zero-order valence-corrected chi connectivity index (χ0v) is 7.28. The van der Waals surface area contributed by atoms with Crippen LogP contribution in [-0.4, -0.2) is 29.8 Å². The molecule has 4 nitrogen and oxygen atoms in total. The van der Waals surface area contributed by atoms with E-state index in [4.69, 9.17) is 10.8 Å². The number of halogens is 2. The first kappa shape index (κ1) is 12.3. The van der Waals surface area contributed by atoms with Gasteiger partial charge in [0, 0.05) is 6.20 Å². The van der Waals surface area contributed by atoms with Gasteiger partial charge in [0.15, 0.2) is 0 Å². The highest BCUT2D eigenvalue weighted by Gasteiger charge is 2.22. The van der Waals surface area contributed by atoms with Crippen LogP contribution >= 0.6 is 0 Å². The molecule has 0 aromatic heterocycles. The highest BCUT2D eigenvalue weighted by molar-refractivity contribution is 6.20. The molecular weight excluding hydrogens is 194 g/mol. The number of alkyl halides is 2. The quantitative estimate of drug-likeness (QED) is 0.395. The van der Waals surface area contributed by atoms with Gasteiger partial charge in [0.2, 0.25) is 0 Å². The fourth-order valence-corrected chi connectivity index (χ4v) is 0.701. The Bertz CT molecular complexity index is 285. The van der Waals surface area contributed by atoms with Crippen molar-refractivity contribution in [2.24, 2.45) is 10.7 Å². The number of carboxylic acids is 1. The average molecular weight is 204 g/mol. The highest BCUT2D eigenvalue weighted by Crippen LogP contribution is 2.07. The minimum Gasteiger partial charge on any atom is -0.478 e. The van der Waals surface area contributed by atoms with Gasteiger partial charge >= 0.3 is 5.97 Å². The molecule has 0 bridgehead atoms. The smallest absolute Gasteiger partial charge is 0.339 e. The SMILES string of the molecule is C=CCN=C(C(=CN)C(=O)O)C(F)F. The van der Waals surface area contributed by atoms with Crippen molar-refractivity contribution < 1.29 is 18.7 Å². The van der Waals surface area contributed by atoms with Gasteiger partial charge in [0.25, 0.3) is 6.43 Å². The number of hydrogen-bond acceptors (Lipinski definition) is 3. The molecular formula is C8H10F2N2O2. The maximum atomic E-state index is 12.3. The van der Waals surface area contributed by atoms with Crippen LogP contribution < -0.4 is 5.73 Å². The summed E-state index contributed by atoms with van der Waals surface area (Å²) in [6.07, 6.45) is -1.10. The topological polar surface area (TPSA) is 75.7 Å². The van der Waals surface area contributed by atoms with E-state index in [0.717, 1.165) is 0 Å². The van der Waals surface area contributed by atoms with Crippen molar-refractivity contribution in [2.75, 3.05) is 6.54 Å². The molecule has 0 aliphatic carbocycles. The van der Waals surface area contributed by atoms with Gasteiger partial charge in [-0.05, 0) is 0 Å². The molecule has 3 N–H and O–H groups in total. The van der Waals surface area contributed by atoms with Crippen molar-refractivity contribution in [3.63, 3.8) is 0 Å². The van der Waals surface area contributed by atoms with Crippen molar-refractivity contribution in [3.05, 3.63) is 24.4 Å². The van der Waals surface area contributed by atoms with Crippen molar-refractivity contribution in [1.29, 1.82) is 0 Å². The Hall–Kier alpha value is -1.72. The number of nitrogens with two attached hydrogens (primary N) is 1. The number of carboxylic acid groups (broad SMARTS) is 1. The van der Waals surface area contributed by atoms with Crippen LogP contribution in [0.15, 0.2) is 29.4 Å². The molecule has 0 atom stereocenters. The maximum absolute atomic E-state index is 12.3. The van der Waals surface area contributed by atoms with Crippen LogP contribution in [-0.2, 0) is 4.79 Å². The molecule has 0 rings (SSSR count). The van der Waals surface area contributed by atoms with Gasteiger partial charge in [-0.15, -0.1) is 6.58 Å². The molecule has 0 amide bonds. The summed E-state index contributed by atoms with van der Waals surface area (Å²) in [5.74, 6) is -1.53. The lowest BCUT2D eigenvalue weighted by Gasteiger charge is -2.04. The van der Waals surface area contributed by atoms with E-state index in [2.05, 4.69) is 11.6 Å². The summed E-state index contributed by atoms with van der Waals surface area (Å²) < 4.78 is 24.6. The third-order valence-corrected chi connectivity index (χ3v) is 1.27. The van der Waals surface area contributed by atoms with Crippen LogP contribution in [0.25, 0.3) is 0 Å². The van der Waals surface area contributed by atoms with E-state index < -0.39 is 23.7 Å². The molecule has 0 aliphatic heterocycles. The summed E-state index contributed by atoms with van der Waals surface area (Å²) >= 11 is 0. The summed E-state index contributed by atoms with van der Waals surface area (Å²) in [6, 6.07) is 0. The first-order valence-electron chi connectivity index (χ1n) is 3.63. The van der Waals surface area contributed by atoms with E-state index in [1.54, 1.807) is 0 Å². The first-order valence-corrected chi connectivity index (χ1v) is 3.63. The molecule has 6 heteroatoms. The zero-order chi connectivity index (χ0) is 11.1. The van der Waals surface area contributed by atoms with Crippen LogP contribution in [0.4, 0.5) is 8.78 Å². The van der Waals surface area contributed by atoms with E-state index in [9.17, 15) is 13.6 Å². The van der Waals surface area contributed by atoms with Gasteiger partial charge in [0.05, 0.1) is 6.54 Å². The van der Waals surface area contributed by atoms with Crippen molar-refractivity contribution in [2.45, 2.75) is 6.43 Å². The molecule has 0 spiro atoms. The third kappa shape index (κ3) is 3.34. The molecule has 0 saturated heterocycles. The van der Waals surface area contributed by atoms with Crippen LogP contribution in [0.1, 0.15) is 0 Å². The largest absolute Gasteiger partial charge is 0.478 e. The molecule has 14 heavy (non-hydrogen) atoms. The minimum atomic E-state index is -2.97. The second-order valence-corrected chi connectivity index (χ2v) is 2.20. The highest BCUT2D eigenvalue weighted by atomic mass is 19.3. The number of aliphatic imine (C=N–C) groups is 1. The fraction of sp³-hybridized carbons (Fsp3) is 0.250. The molecule has 0 fully saturated rings. The second kappa shape index (κ2) is 5.85. The Morgan fingerprint density at radius 1 is 1.64 bits per heavy atom. The van der Waals surface area contributed by atoms with Gasteiger partial charge in [-0.2, -0.15) is 0 Å². The number of hydrogen-bond donors (Lipinski definition) is 2. The predicted molar refractivity (Wildman–Crippen MR) is 48.4 cm³/mol. The van der Waals surface area contributed by atoms with Crippen LogP contribution in [0.3, 0.4) is 0 Å². The first-order chi connectivity index (χ1) is 6.54. The van der Waals surface area contributed by atoms with Gasteiger partial charge in [-0.1, -0.05) is 6.08 Å². The Morgan fingerprint density at radius 3 is 2.50 bits per heavy atom. The van der Waals surface area contributed by atoms with Crippen LogP contribution in [0.2, 0.25) is 0 Å². The number of nitrogens with zero attached hydrogens (tertiary/aromatic N) is 1. The van der Waals surface area contributed by atoms with Gasteiger partial charge in [-0.25, -0.2) is 13.6 Å². The summed E-state index contributed by atoms with van der Waals surface area (Å²) in [6.45, 7) is 3.19. The zero-order valence-electron chi connectivity index (χ0n) is 7.28. The number of carbonyl (C=O) groups is 1. The summed E-state index contributed by atoms with van der Waals surface area (Å²) in [5, 5.41) is 8.50. The standard InChI is InChI=1S/C8H10F2N2O2/c1-2-3-12-6(7(9)10)5(4-11)8(13)14/h2,4,7H,1,3,11H2,(H,13,14). The molecule has 0 heterocycles. The van der Waals surface area contributed by atoms with E-state index in [1.165, 1.54) is 6.08 Å². The Labute approximate surface area is 79.4 Å². The lowest BCUT2D eigenvalue weighted by atomic mass is 10.2. The Balaban J connectivity index is 4.99. The third-order valence-electron chi connectivity index (χ3n) is 1.27. The van der Waals surface area contributed by atoms with Crippen LogP contribution in [0, 0.1) is 0 Å². The lowest BCUT2D eigenvalue weighted by molar-refractivity contribution is -0.132. The van der Waals surface area contributed by atoms with Gasteiger partial charge < -0.3 is 10.8 Å². The van der Waals surface area contributed by atoms with E-state index in [0.29, 0.717) is 6.20 Å². The molecule has 0 unspecified atom stereocenters. The number of aliphatic carboxylic acids is 1.